The first-order chi connectivity index (χ1) is 7.22. The van der Waals surface area contributed by atoms with Crippen LogP contribution in [0.2, 0.25) is 0 Å². The summed E-state index contributed by atoms with van der Waals surface area (Å²) in [6.45, 7) is 2.80. The molecule has 2 rings (SSSR count). The van der Waals surface area contributed by atoms with Crippen molar-refractivity contribution in [2.45, 2.75) is 6.92 Å². The number of nitrogens with one attached hydrogen (secondary N) is 1. The van der Waals surface area contributed by atoms with Gasteiger partial charge in [-0.15, -0.1) is 11.3 Å². The van der Waals surface area contributed by atoms with Gasteiger partial charge in [-0.25, -0.2) is 0 Å². The lowest BCUT2D eigenvalue weighted by molar-refractivity contribution is 0.615. The second-order valence-corrected chi connectivity index (χ2v) is 4.97. The zero-order valence-electron chi connectivity index (χ0n) is 8.24. The van der Waals surface area contributed by atoms with Crippen LogP contribution in [0.4, 0.5) is 5.88 Å². The molecule has 80 valence electrons. The Kier molecular flexibility index (Phi) is 3.33. The number of hydrogen-bond acceptors (Lipinski definition) is 5. The van der Waals surface area contributed by atoms with Crippen molar-refractivity contribution in [1.29, 1.82) is 0 Å². The molecule has 0 saturated carbocycles. The van der Waals surface area contributed by atoms with Crippen molar-refractivity contribution in [3.05, 3.63) is 21.5 Å². The van der Waals surface area contributed by atoms with Gasteiger partial charge in [-0.1, -0.05) is 12.2 Å². The van der Waals surface area contributed by atoms with Gasteiger partial charge in [0.15, 0.2) is 11.5 Å². The highest BCUT2D eigenvalue weighted by molar-refractivity contribution is 7.80. The summed E-state index contributed by atoms with van der Waals surface area (Å²) in [6, 6.07) is 1.86. The number of aryl methyl sites for hydroxylation is 1. The lowest BCUT2D eigenvalue weighted by Crippen LogP contribution is -2.01. The van der Waals surface area contributed by atoms with E-state index in [9.17, 15) is 0 Å². The normalized spacial score (nSPS) is 10.8. The summed E-state index contributed by atoms with van der Waals surface area (Å²) >= 11 is 11.1. The quantitative estimate of drug-likeness (QED) is 0.645. The van der Waals surface area contributed by atoms with Crippen LogP contribution < -0.4 is 5.32 Å². The van der Waals surface area contributed by atoms with Crippen LogP contribution in [0, 0.1) is 11.4 Å². The van der Waals surface area contributed by atoms with Crippen molar-refractivity contribution in [2.24, 2.45) is 0 Å². The Bertz CT molecular complexity index is 529. The molecule has 2 aromatic heterocycles. The molecule has 0 radical (unpaired) electrons. The first kappa shape index (κ1) is 11.0. The molecule has 0 fully saturated rings. The molecule has 0 saturated heterocycles. The first-order valence-electron chi connectivity index (χ1n) is 4.59. The molecule has 0 aromatic carbocycles. The van der Waals surface area contributed by atoms with E-state index in [-0.39, 0.29) is 0 Å². The van der Waals surface area contributed by atoms with Crippen molar-refractivity contribution in [1.82, 2.24) is 0 Å². The van der Waals surface area contributed by atoms with Crippen molar-refractivity contribution in [3.8, 4) is 0 Å². The molecular formula is C10H11NOS3. The molecule has 2 aromatic rings. The van der Waals surface area contributed by atoms with Crippen LogP contribution in [0.3, 0.4) is 0 Å². The number of hydrogen-bond donors (Lipinski definition) is 2. The Hall–Kier alpha value is -0.520. The minimum atomic E-state index is 0.725. The van der Waals surface area contributed by atoms with Crippen LogP contribution in [0.15, 0.2) is 15.9 Å². The fourth-order valence-electron chi connectivity index (χ4n) is 1.32. The Morgan fingerprint density at radius 2 is 2.40 bits per heavy atom. The van der Waals surface area contributed by atoms with Crippen LogP contribution in [0.5, 0.6) is 0 Å². The van der Waals surface area contributed by atoms with Gasteiger partial charge in [0.2, 0.25) is 0 Å². The molecule has 0 amide bonds. The molecule has 15 heavy (non-hydrogen) atoms. The molecule has 0 aliphatic rings. The Morgan fingerprint density at radius 3 is 3.13 bits per heavy atom. The summed E-state index contributed by atoms with van der Waals surface area (Å²) in [6.07, 6.45) is 0. The monoisotopic (exact) mass is 257 g/mol. The topological polar surface area (TPSA) is 25.2 Å². The lowest BCUT2D eigenvalue weighted by atomic mass is 10.3. The van der Waals surface area contributed by atoms with Crippen molar-refractivity contribution >= 4 is 52.4 Å². The van der Waals surface area contributed by atoms with Gasteiger partial charge < -0.3 is 9.73 Å². The van der Waals surface area contributed by atoms with E-state index >= 15 is 0 Å². The standard InChI is InChI=1S/C10H11NOS3/c1-6-5-15-10-7(14)4-8(11-2-3-13)12-9(6)10/h4-5,11,13H,2-3H2,1H3. The van der Waals surface area contributed by atoms with Crippen molar-refractivity contribution in [2.75, 3.05) is 17.6 Å². The molecule has 0 atom stereocenters. The fourth-order valence-corrected chi connectivity index (χ4v) is 2.66. The van der Waals surface area contributed by atoms with E-state index in [4.69, 9.17) is 16.6 Å². The number of thiol groups is 1. The maximum absolute atomic E-state index is 5.71. The summed E-state index contributed by atoms with van der Waals surface area (Å²) in [5, 5.41) is 5.20. The first-order valence-corrected chi connectivity index (χ1v) is 6.51. The van der Waals surface area contributed by atoms with Crippen LogP contribution in [0.25, 0.3) is 10.3 Å². The molecule has 0 bridgehead atoms. The van der Waals surface area contributed by atoms with E-state index in [0.29, 0.717) is 0 Å². The smallest absolute Gasteiger partial charge is 0.195 e. The zero-order valence-corrected chi connectivity index (χ0v) is 10.8. The van der Waals surface area contributed by atoms with Gasteiger partial charge >= 0.3 is 0 Å². The summed E-state index contributed by atoms with van der Waals surface area (Å²) in [4.78, 5) is 0. The summed E-state index contributed by atoms with van der Waals surface area (Å²) in [7, 11) is 0. The third-order valence-electron chi connectivity index (χ3n) is 2.03. The predicted molar refractivity (Wildman–Crippen MR) is 72.0 cm³/mol. The zero-order chi connectivity index (χ0) is 10.8. The van der Waals surface area contributed by atoms with Crippen LogP contribution in [0.1, 0.15) is 5.56 Å². The highest BCUT2D eigenvalue weighted by atomic mass is 32.1. The molecular weight excluding hydrogens is 246 g/mol. The molecule has 0 spiro atoms. The molecule has 0 aliphatic carbocycles. The van der Waals surface area contributed by atoms with E-state index in [1.54, 1.807) is 11.3 Å². The maximum Gasteiger partial charge on any atom is 0.195 e. The van der Waals surface area contributed by atoms with E-state index in [2.05, 4.69) is 23.3 Å². The van der Waals surface area contributed by atoms with Gasteiger partial charge in [-0.05, 0) is 12.3 Å². The minimum Gasteiger partial charge on any atom is -0.440 e. The fraction of sp³-hybridized carbons (Fsp3) is 0.300. The van der Waals surface area contributed by atoms with Gasteiger partial charge in [-0.2, -0.15) is 12.6 Å². The average Bonchev–Trinajstić information content (AvgIpc) is 2.58. The molecule has 1 N–H and O–H groups in total. The van der Waals surface area contributed by atoms with E-state index in [1.807, 2.05) is 13.0 Å². The molecule has 5 heteroatoms. The third-order valence-corrected chi connectivity index (χ3v) is 3.81. The molecule has 0 unspecified atom stereocenters. The Labute approximate surface area is 103 Å². The number of anilines is 1. The van der Waals surface area contributed by atoms with Crippen LogP contribution in [-0.2, 0) is 0 Å². The largest absolute Gasteiger partial charge is 0.440 e. The van der Waals surface area contributed by atoms with Gasteiger partial charge in [0, 0.05) is 23.9 Å². The molecule has 2 heterocycles. The predicted octanol–water partition coefficient (Wildman–Crippen LogP) is 3.87. The highest BCUT2D eigenvalue weighted by Crippen LogP contribution is 2.29. The Morgan fingerprint density at radius 1 is 1.60 bits per heavy atom. The van der Waals surface area contributed by atoms with Crippen LogP contribution >= 0.6 is 36.2 Å². The van der Waals surface area contributed by atoms with Crippen molar-refractivity contribution in [3.63, 3.8) is 0 Å². The SMILES string of the molecule is Cc1csc2c(=S)cc(NCCS)oc12. The van der Waals surface area contributed by atoms with Crippen molar-refractivity contribution < 1.29 is 4.42 Å². The maximum atomic E-state index is 5.71. The second kappa shape index (κ2) is 4.55. The van der Waals surface area contributed by atoms with E-state index in [0.717, 1.165) is 38.5 Å². The summed E-state index contributed by atoms with van der Waals surface area (Å²) in [5.74, 6) is 1.49. The number of fused-ring (bicyclic) bond motifs is 1. The molecule has 0 aliphatic heterocycles. The van der Waals surface area contributed by atoms with Gasteiger partial charge in [0.25, 0.3) is 0 Å². The number of thiophene rings is 1. The van der Waals surface area contributed by atoms with Crippen LogP contribution in [-0.4, -0.2) is 12.3 Å². The molecule has 2 nitrogen and oxygen atoms in total. The number of rotatable bonds is 3. The lowest BCUT2D eigenvalue weighted by Gasteiger charge is -2.03. The highest BCUT2D eigenvalue weighted by Gasteiger charge is 2.06. The summed E-state index contributed by atoms with van der Waals surface area (Å²) in [5.41, 5.74) is 2.03. The second-order valence-electron chi connectivity index (χ2n) is 3.20. The Balaban J connectivity index is 2.50. The average molecular weight is 257 g/mol. The van der Waals surface area contributed by atoms with E-state index < -0.39 is 0 Å². The minimum absolute atomic E-state index is 0.725. The third kappa shape index (κ3) is 2.19. The van der Waals surface area contributed by atoms with Gasteiger partial charge in [0.1, 0.15) is 0 Å². The van der Waals surface area contributed by atoms with Gasteiger partial charge in [0.05, 0.1) is 9.21 Å². The van der Waals surface area contributed by atoms with E-state index in [1.165, 1.54) is 0 Å². The summed E-state index contributed by atoms with van der Waals surface area (Å²) < 4.78 is 7.61. The van der Waals surface area contributed by atoms with Gasteiger partial charge in [-0.3, -0.25) is 0 Å².